The van der Waals surface area contributed by atoms with Gasteiger partial charge in [0.1, 0.15) is 17.2 Å². The van der Waals surface area contributed by atoms with Crippen molar-refractivity contribution in [3.8, 4) is 28.5 Å². The van der Waals surface area contributed by atoms with Crippen molar-refractivity contribution in [2.24, 2.45) is 0 Å². The maximum Gasteiger partial charge on any atom is 0.260 e. The van der Waals surface area contributed by atoms with Gasteiger partial charge in [-0.25, -0.2) is 0 Å². The van der Waals surface area contributed by atoms with E-state index in [-0.39, 0.29) is 12.5 Å². The molecule has 2 aromatic carbocycles. The smallest absolute Gasteiger partial charge is 0.260 e. The average molecular weight is 463 g/mol. The van der Waals surface area contributed by atoms with Crippen molar-refractivity contribution in [2.45, 2.75) is 13.3 Å². The van der Waals surface area contributed by atoms with Gasteiger partial charge < -0.3 is 24.0 Å². The summed E-state index contributed by atoms with van der Waals surface area (Å²) in [4.78, 5) is 16.6. The number of ether oxygens (including phenoxy) is 3. The molecule has 0 saturated carbocycles. The zero-order chi connectivity index (χ0) is 23.8. The first-order chi connectivity index (χ1) is 16.7. The van der Waals surface area contributed by atoms with Gasteiger partial charge in [0, 0.05) is 31.7 Å². The standard InChI is InChI=1S/C26H30N4O4/c1-3-18-33-20-8-10-21(11-9-20)34-19-26(31)30-16-14-29(15-17-30)25-13-12-23(27-28-25)22-6-4-5-7-24(22)32-2/h4-13H,3,14-19H2,1-2H3. The Morgan fingerprint density at radius 1 is 0.882 bits per heavy atom. The third kappa shape index (κ3) is 5.75. The monoisotopic (exact) mass is 462 g/mol. The van der Waals surface area contributed by atoms with Crippen molar-refractivity contribution < 1.29 is 19.0 Å². The fourth-order valence-electron chi connectivity index (χ4n) is 3.77. The fourth-order valence-corrected chi connectivity index (χ4v) is 3.77. The minimum absolute atomic E-state index is 0.0164. The number of rotatable bonds is 9. The molecule has 0 spiro atoms. The molecule has 8 heteroatoms. The molecule has 3 aromatic rings. The van der Waals surface area contributed by atoms with E-state index in [9.17, 15) is 4.79 Å². The Hall–Kier alpha value is -3.81. The quantitative estimate of drug-likeness (QED) is 0.480. The number of hydrogen-bond donors (Lipinski definition) is 0. The molecule has 1 aliphatic heterocycles. The molecule has 1 fully saturated rings. The van der Waals surface area contributed by atoms with Crippen LogP contribution in [0.25, 0.3) is 11.3 Å². The number of para-hydroxylation sites is 1. The van der Waals surface area contributed by atoms with Crippen LogP contribution in [0, 0.1) is 0 Å². The van der Waals surface area contributed by atoms with Gasteiger partial charge in [0.25, 0.3) is 5.91 Å². The minimum Gasteiger partial charge on any atom is -0.496 e. The molecule has 1 aliphatic rings. The van der Waals surface area contributed by atoms with E-state index >= 15 is 0 Å². The predicted octanol–water partition coefficient (Wildman–Crippen LogP) is 3.67. The van der Waals surface area contributed by atoms with Crippen molar-refractivity contribution in [1.29, 1.82) is 0 Å². The summed E-state index contributed by atoms with van der Waals surface area (Å²) in [5.74, 6) is 2.99. The van der Waals surface area contributed by atoms with E-state index in [1.165, 1.54) is 0 Å². The van der Waals surface area contributed by atoms with Gasteiger partial charge in [0.2, 0.25) is 0 Å². The Bertz CT molecular complexity index is 1060. The van der Waals surface area contributed by atoms with Crippen LogP contribution in [0.15, 0.2) is 60.7 Å². The van der Waals surface area contributed by atoms with Crippen LogP contribution in [-0.2, 0) is 4.79 Å². The molecule has 34 heavy (non-hydrogen) atoms. The lowest BCUT2D eigenvalue weighted by atomic mass is 10.1. The normalized spacial score (nSPS) is 13.5. The van der Waals surface area contributed by atoms with E-state index in [2.05, 4.69) is 22.0 Å². The Balaban J connectivity index is 1.26. The van der Waals surface area contributed by atoms with Crippen molar-refractivity contribution in [3.05, 3.63) is 60.7 Å². The number of methoxy groups -OCH3 is 1. The number of hydrogen-bond acceptors (Lipinski definition) is 7. The lowest BCUT2D eigenvalue weighted by Crippen LogP contribution is -2.50. The second-order valence-electron chi connectivity index (χ2n) is 7.95. The van der Waals surface area contributed by atoms with Gasteiger partial charge in [-0.3, -0.25) is 4.79 Å². The molecule has 0 unspecified atom stereocenters. The summed E-state index contributed by atoms with van der Waals surface area (Å²) in [6.07, 6.45) is 0.959. The number of nitrogens with zero attached hydrogens (tertiary/aromatic N) is 4. The van der Waals surface area contributed by atoms with Gasteiger partial charge in [-0.15, -0.1) is 10.2 Å². The molecule has 2 heterocycles. The van der Waals surface area contributed by atoms with Crippen LogP contribution in [0.2, 0.25) is 0 Å². The van der Waals surface area contributed by atoms with E-state index in [0.29, 0.717) is 38.5 Å². The molecular formula is C26H30N4O4. The van der Waals surface area contributed by atoms with Crippen LogP contribution in [0.4, 0.5) is 5.82 Å². The lowest BCUT2D eigenvalue weighted by Gasteiger charge is -2.35. The van der Waals surface area contributed by atoms with Crippen molar-refractivity contribution >= 4 is 11.7 Å². The van der Waals surface area contributed by atoms with Crippen LogP contribution in [0.5, 0.6) is 17.2 Å². The summed E-state index contributed by atoms with van der Waals surface area (Å²) >= 11 is 0. The number of carbonyl (C=O) groups excluding carboxylic acids is 1. The Morgan fingerprint density at radius 3 is 2.24 bits per heavy atom. The van der Waals surface area contributed by atoms with Crippen molar-refractivity contribution in [3.63, 3.8) is 0 Å². The molecule has 0 bridgehead atoms. The van der Waals surface area contributed by atoms with Gasteiger partial charge >= 0.3 is 0 Å². The molecule has 0 N–H and O–H groups in total. The highest BCUT2D eigenvalue weighted by molar-refractivity contribution is 5.78. The number of aromatic nitrogens is 2. The van der Waals surface area contributed by atoms with Gasteiger partial charge in [0.05, 0.1) is 19.4 Å². The SMILES string of the molecule is CCCOc1ccc(OCC(=O)N2CCN(c3ccc(-c4ccccc4OC)nn3)CC2)cc1. The summed E-state index contributed by atoms with van der Waals surface area (Å²) in [6.45, 7) is 5.37. The third-order valence-electron chi connectivity index (χ3n) is 5.65. The number of benzene rings is 2. The molecule has 1 amide bonds. The predicted molar refractivity (Wildman–Crippen MR) is 131 cm³/mol. The first kappa shape index (κ1) is 23.4. The van der Waals surface area contributed by atoms with E-state index in [0.717, 1.165) is 35.0 Å². The molecule has 1 saturated heterocycles. The molecular weight excluding hydrogens is 432 g/mol. The molecule has 0 radical (unpaired) electrons. The average Bonchev–Trinajstić information content (AvgIpc) is 2.91. The number of anilines is 1. The largest absolute Gasteiger partial charge is 0.496 e. The Kier molecular flexibility index (Phi) is 7.80. The fraction of sp³-hybridized carbons (Fsp3) is 0.346. The van der Waals surface area contributed by atoms with E-state index in [1.54, 1.807) is 7.11 Å². The van der Waals surface area contributed by atoms with Crippen molar-refractivity contribution in [1.82, 2.24) is 15.1 Å². The summed E-state index contributed by atoms with van der Waals surface area (Å²) in [7, 11) is 1.64. The molecule has 1 aromatic heterocycles. The van der Waals surface area contributed by atoms with Gasteiger partial charge in [0.15, 0.2) is 12.4 Å². The maximum absolute atomic E-state index is 12.6. The topological polar surface area (TPSA) is 77.0 Å². The van der Waals surface area contributed by atoms with E-state index in [4.69, 9.17) is 14.2 Å². The third-order valence-corrected chi connectivity index (χ3v) is 5.65. The Labute approximate surface area is 200 Å². The molecule has 178 valence electrons. The van der Waals surface area contributed by atoms with Crippen LogP contribution in [0.3, 0.4) is 0 Å². The lowest BCUT2D eigenvalue weighted by molar-refractivity contribution is -0.133. The molecule has 0 aliphatic carbocycles. The highest BCUT2D eigenvalue weighted by Crippen LogP contribution is 2.28. The van der Waals surface area contributed by atoms with E-state index in [1.807, 2.05) is 65.6 Å². The number of amides is 1. The summed E-state index contributed by atoms with van der Waals surface area (Å²) in [5, 5.41) is 8.80. The highest BCUT2D eigenvalue weighted by atomic mass is 16.5. The number of carbonyl (C=O) groups is 1. The summed E-state index contributed by atoms with van der Waals surface area (Å²) in [5.41, 5.74) is 1.67. The summed E-state index contributed by atoms with van der Waals surface area (Å²) < 4.78 is 16.7. The molecule has 0 atom stereocenters. The molecule has 8 nitrogen and oxygen atoms in total. The first-order valence-electron chi connectivity index (χ1n) is 11.5. The van der Waals surface area contributed by atoms with Gasteiger partial charge in [-0.2, -0.15) is 0 Å². The van der Waals surface area contributed by atoms with Crippen LogP contribution >= 0.6 is 0 Å². The van der Waals surface area contributed by atoms with Crippen molar-refractivity contribution in [2.75, 3.05) is 51.4 Å². The van der Waals surface area contributed by atoms with Gasteiger partial charge in [-0.1, -0.05) is 19.1 Å². The van der Waals surface area contributed by atoms with E-state index < -0.39 is 0 Å². The number of piperazine rings is 1. The Morgan fingerprint density at radius 2 is 1.59 bits per heavy atom. The highest BCUT2D eigenvalue weighted by Gasteiger charge is 2.22. The second-order valence-corrected chi connectivity index (χ2v) is 7.95. The second kappa shape index (κ2) is 11.4. The van der Waals surface area contributed by atoms with Crippen LogP contribution in [-0.4, -0.2) is 67.5 Å². The van der Waals surface area contributed by atoms with Gasteiger partial charge in [-0.05, 0) is 55.0 Å². The first-order valence-corrected chi connectivity index (χ1v) is 11.5. The maximum atomic E-state index is 12.6. The zero-order valence-electron chi connectivity index (χ0n) is 19.6. The minimum atomic E-state index is -0.0245. The van der Waals surface area contributed by atoms with Crippen LogP contribution in [0.1, 0.15) is 13.3 Å². The molecule has 4 rings (SSSR count). The zero-order valence-corrected chi connectivity index (χ0v) is 19.6. The summed E-state index contributed by atoms with van der Waals surface area (Å²) in [6, 6.07) is 19.0. The van der Waals surface area contributed by atoms with Crippen LogP contribution < -0.4 is 19.1 Å².